The number of aromatic amines is 1. The fourth-order valence-electron chi connectivity index (χ4n) is 2.79. The van der Waals surface area contributed by atoms with E-state index in [0.29, 0.717) is 11.2 Å². The Hall–Kier alpha value is -1.98. The molecule has 2 heterocycles. The summed E-state index contributed by atoms with van der Waals surface area (Å²) in [6, 6.07) is 10.0. The highest BCUT2D eigenvalue weighted by molar-refractivity contribution is 7.17. The van der Waals surface area contributed by atoms with E-state index in [1.54, 1.807) is 0 Å². The Labute approximate surface area is 146 Å². The summed E-state index contributed by atoms with van der Waals surface area (Å²) in [5.41, 5.74) is 1.95. The van der Waals surface area contributed by atoms with E-state index in [2.05, 4.69) is 22.2 Å². The second kappa shape index (κ2) is 7.73. The van der Waals surface area contributed by atoms with Crippen molar-refractivity contribution in [1.29, 1.82) is 0 Å². The number of nitrogens with zero attached hydrogens (tertiary/aromatic N) is 1. The van der Waals surface area contributed by atoms with Crippen molar-refractivity contribution in [3.8, 4) is 11.1 Å². The summed E-state index contributed by atoms with van der Waals surface area (Å²) in [5.74, 6) is 0.713. The van der Waals surface area contributed by atoms with Crippen LogP contribution in [-0.4, -0.2) is 16.5 Å². The molecule has 0 aliphatic rings. The Morgan fingerprint density at radius 1 is 1.25 bits per heavy atom. The number of benzene rings is 1. The summed E-state index contributed by atoms with van der Waals surface area (Å²) in [6.07, 6.45) is 3.56. The lowest BCUT2D eigenvalue weighted by molar-refractivity contribution is 0.524. The van der Waals surface area contributed by atoms with Crippen LogP contribution in [0.4, 0.5) is 0 Å². The highest BCUT2D eigenvalue weighted by Gasteiger charge is 2.15. The van der Waals surface area contributed by atoms with Crippen LogP contribution in [0.3, 0.4) is 0 Å². The molecule has 0 bridgehead atoms. The van der Waals surface area contributed by atoms with E-state index in [-0.39, 0.29) is 11.6 Å². The van der Waals surface area contributed by atoms with Gasteiger partial charge in [-0.3, -0.25) is 4.79 Å². The van der Waals surface area contributed by atoms with E-state index in [1.165, 1.54) is 24.2 Å². The van der Waals surface area contributed by atoms with Gasteiger partial charge in [0, 0.05) is 10.9 Å². The Bertz CT molecular complexity index is 854. The maximum atomic E-state index is 12.6. The first kappa shape index (κ1) is 16.9. The first-order valence-corrected chi connectivity index (χ1v) is 9.39. The molecule has 0 fully saturated rings. The van der Waals surface area contributed by atoms with Gasteiger partial charge in [0.15, 0.2) is 0 Å². The van der Waals surface area contributed by atoms with Gasteiger partial charge >= 0.3 is 0 Å². The Kier molecular flexibility index (Phi) is 5.43. The second-order valence-electron chi connectivity index (χ2n) is 6.03. The summed E-state index contributed by atoms with van der Waals surface area (Å²) in [7, 11) is 0. The molecule has 4 nitrogen and oxygen atoms in total. The fourth-order valence-corrected chi connectivity index (χ4v) is 3.75. The Morgan fingerprint density at radius 2 is 2.04 bits per heavy atom. The quantitative estimate of drug-likeness (QED) is 0.622. The van der Waals surface area contributed by atoms with E-state index < -0.39 is 0 Å². The van der Waals surface area contributed by atoms with Gasteiger partial charge in [-0.2, -0.15) is 0 Å². The molecule has 0 spiro atoms. The number of aromatic nitrogens is 2. The van der Waals surface area contributed by atoms with Crippen LogP contribution < -0.4 is 10.9 Å². The van der Waals surface area contributed by atoms with Crippen molar-refractivity contribution in [1.82, 2.24) is 15.3 Å². The first-order valence-electron chi connectivity index (χ1n) is 8.51. The van der Waals surface area contributed by atoms with E-state index in [9.17, 15) is 4.79 Å². The van der Waals surface area contributed by atoms with Gasteiger partial charge in [-0.25, -0.2) is 4.98 Å². The van der Waals surface area contributed by atoms with Crippen LogP contribution in [0.5, 0.6) is 0 Å². The monoisotopic (exact) mass is 341 g/mol. The average molecular weight is 341 g/mol. The number of rotatable bonds is 7. The lowest BCUT2D eigenvalue weighted by Gasteiger charge is -2.12. The minimum Gasteiger partial charge on any atom is -0.309 e. The third kappa shape index (κ3) is 3.57. The molecule has 126 valence electrons. The SMILES string of the molecule is CCCCCN[C@H](C)c1nc2scc(-c3ccccc3)c2c(=O)[nH]1. The van der Waals surface area contributed by atoms with Crippen molar-refractivity contribution in [2.75, 3.05) is 6.54 Å². The molecule has 0 unspecified atom stereocenters. The molecule has 2 N–H and O–H groups in total. The van der Waals surface area contributed by atoms with Crippen LogP contribution in [0.15, 0.2) is 40.5 Å². The standard InChI is InChI=1S/C19H23N3OS/c1-3-4-8-11-20-13(2)17-21-18(23)16-15(12-24-19(16)22-17)14-9-6-5-7-10-14/h5-7,9-10,12-13,20H,3-4,8,11H2,1-2H3,(H,21,22,23)/t13-/m1/s1. The summed E-state index contributed by atoms with van der Waals surface area (Å²) in [6.45, 7) is 5.18. The van der Waals surface area contributed by atoms with Gasteiger partial charge in [0.05, 0.1) is 11.4 Å². The maximum Gasteiger partial charge on any atom is 0.260 e. The van der Waals surface area contributed by atoms with Gasteiger partial charge in [0.2, 0.25) is 0 Å². The van der Waals surface area contributed by atoms with Gasteiger partial charge in [0.1, 0.15) is 10.7 Å². The summed E-state index contributed by atoms with van der Waals surface area (Å²) in [4.78, 5) is 21.1. The zero-order chi connectivity index (χ0) is 16.9. The zero-order valence-corrected chi connectivity index (χ0v) is 15.0. The predicted molar refractivity (Wildman–Crippen MR) is 102 cm³/mol. The van der Waals surface area contributed by atoms with Crippen LogP contribution >= 0.6 is 11.3 Å². The Morgan fingerprint density at radius 3 is 2.79 bits per heavy atom. The van der Waals surface area contributed by atoms with Gasteiger partial charge < -0.3 is 10.3 Å². The molecule has 1 aromatic carbocycles. The largest absolute Gasteiger partial charge is 0.309 e. The minimum atomic E-state index is -0.0580. The molecule has 0 radical (unpaired) electrons. The topological polar surface area (TPSA) is 57.8 Å². The number of nitrogens with one attached hydrogen (secondary N) is 2. The number of H-pyrrole nitrogens is 1. The van der Waals surface area contributed by atoms with Crippen molar-refractivity contribution < 1.29 is 0 Å². The normalized spacial score (nSPS) is 12.6. The lowest BCUT2D eigenvalue weighted by atomic mass is 10.1. The van der Waals surface area contributed by atoms with Gasteiger partial charge in [-0.1, -0.05) is 50.1 Å². The molecular formula is C19H23N3OS. The first-order chi connectivity index (χ1) is 11.7. The lowest BCUT2D eigenvalue weighted by Crippen LogP contribution is -2.24. The highest BCUT2D eigenvalue weighted by atomic mass is 32.1. The molecule has 3 rings (SSSR count). The molecule has 5 heteroatoms. The summed E-state index contributed by atoms with van der Waals surface area (Å²) in [5, 5.41) is 6.14. The van der Waals surface area contributed by atoms with E-state index in [0.717, 1.165) is 28.9 Å². The molecule has 2 aromatic heterocycles. The third-order valence-corrected chi connectivity index (χ3v) is 5.06. The van der Waals surface area contributed by atoms with Crippen LogP contribution in [0.25, 0.3) is 21.3 Å². The molecular weight excluding hydrogens is 318 g/mol. The highest BCUT2D eigenvalue weighted by Crippen LogP contribution is 2.30. The molecule has 0 amide bonds. The maximum absolute atomic E-state index is 12.6. The van der Waals surface area contributed by atoms with Gasteiger partial charge in [-0.05, 0) is 25.5 Å². The van der Waals surface area contributed by atoms with Gasteiger partial charge in [0.25, 0.3) is 5.56 Å². The molecule has 1 atom stereocenters. The van der Waals surface area contributed by atoms with Crippen LogP contribution in [0.2, 0.25) is 0 Å². The molecule has 3 aromatic rings. The zero-order valence-electron chi connectivity index (χ0n) is 14.1. The van der Waals surface area contributed by atoms with Crippen molar-refractivity contribution in [3.05, 3.63) is 51.9 Å². The number of unbranched alkanes of at least 4 members (excludes halogenated alkanes) is 2. The molecule has 0 saturated heterocycles. The number of fused-ring (bicyclic) bond motifs is 1. The number of thiophene rings is 1. The fraction of sp³-hybridized carbons (Fsp3) is 0.368. The van der Waals surface area contributed by atoms with E-state index in [4.69, 9.17) is 0 Å². The Balaban J connectivity index is 1.88. The van der Waals surface area contributed by atoms with E-state index >= 15 is 0 Å². The predicted octanol–water partition coefficient (Wildman–Crippen LogP) is 4.49. The molecule has 0 aliphatic carbocycles. The number of hydrogen-bond acceptors (Lipinski definition) is 4. The summed E-state index contributed by atoms with van der Waals surface area (Å²) >= 11 is 1.53. The van der Waals surface area contributed by atoms with E-state index in [1.807, 2.05) is 42.6 Å². The summed E-state index contributed by atoms with van der Waals surface area (Å²) < 4.78 is 0. The van der Waals surface area contributed by atoms with Crippen molar-refractivity contribution in [2.24, 2.45) is 0 Å². The molecule has 24 heavy (non-hydrogen) atoms. The molecule has 0 saturated carbocycles. The van der Waals surface area contributed by atoms with Gasteiger partial charge in [-0.15, -0.1) is 11.3 Å². The second-order valence-corrected chi connectivity index (χ2v) is 6.89. The van der Waals surface area contributed by atoms with Crippen molar-refractivity contribution in [2.45, 2.75) is 39.2 Å². The van der Waals surface area contributed by atoms with Crippen LogP contribution in [-0.2, 0) is 0 Å². The number of hydrogen-bond donors (Lipinski definition) is 2. The van der Waals surface area contributed by atoms with Crippen LogP contribution in [0.1, 0.15) is 45.0 Å². The van der Waals surface area contributed by atoms with Crippen molar-refractivity contribution in [3.63, 3.8) is 0 Å². The minimum absolute atomic E-state index is 0.0428. The van der Waals surface area contributed by atoms with Crippen molar-refractivity contribution >= 4 is 21.6 Å². The average Bonchev–Trinajstić information content (AvgIpc) is 3.04. The third-order valence-electron chi connectivity index (χ3n) is 4.19. The van der Waals surface area contributed by atoms with Crippen LogP contribution in [0, 0.1) is 0 Å². The molecule has 0 aliphatic heterocycles. The smallest absolute Gasteiger partial charge is 0.260 e.